The lowest BCUT2D eigenvalue weighted by molar-refractivity contribution is 0.0982. The Morgan fingerprint density at radius 2 is 2.04 bits per heavy atom. The highest BCUT2D eigenvalue weighted by atomic mass is 32.1. The number of rotatable bonds is 5. The number of aromatic nitrogens is 1. The van der Waals surface area contributed by atoms with E-state index in [1.54, 1.807) is 0 Å². The summed E-state index contributed by atoms with van der Waals surface area (Å²) in [6.07, 6.45) is 3.40. The van der Waals surface area contributed by atoms with Gasteiger partial charge in [-0.25, -0.2) is 4.98 Å². The monoisotopic (exact) mass is 342 g/mol. The highest BCUT2D eigenvalue weighted by Gasteiger charge is 2.31. The third-order valence-corrected chi connectivity index (χ3v) is 5.57. The van der Waals surface area contributed by atoms with Gasteiger partial charge in [-0.2, -0.15) is 0 Å². The molecule has 4 rings (SSSR count). The Bertz CT molecular complexity index is 740. The molecule has 1 aromatic heterocycles. The van der Waals surface area contributed by atoms with Crippen LogP contribution in [0.2, 0.25) is 0 Å². The van der Waals surface area contributed by atoms with E-state index in [-0.39, 0.29) is 5.91 Å². The van der Waals surface area contributed by atoms with Crippen LogP contribution in [0.3, 0.4) is 0 Å². The lowest BCUT2D eigenvalue weighted by Gasteiger charge is -2.37. The summed E-state index contributed by atoms with van der Waals surface area (Å²) in [4.78, 5) is 21.7. The Labute approximate surface area is 146 Å². The van der Waals surface area contributed by atoms with Crippen molar-refractivity contribution in [3.05, 3.63) is 40.3 Å². The Kier molecular flexibility index (Phi) is 4.24. The molecule has 0 spiro atoms. The minimum atomic E-state index is -0.00644. The lowest BCUT2D eigenvalue weighted by atomic mass is 10.1. The number of carbonyl (C=O) groups excluding carboxylic acids is 1. The molecule has 1 aliphatic carbocycles. The van der Waals surface area contributed by atoms with Gasteiger partial charge in [0.25, 0.3) is 5.91 Å². The molecular formula is C18H22N4OS. The van der Waals surface area contributed by atoms with Gasteiger partial charge in [-0.1, -0.05) is 12.1 Å². The van der Waals surface area contributed by atoms with Gasteiger partial charge in [-0.15, -0.1) is 11.3 Å². The molecule has 2 aliphatic rings. The third-order valence-electron chi connectivity index (χ3n) is 4.66. The van der Waals surface area contributed by atoms with Gasteiger partial charge in [0, 0.05) is 31.4 Å². The van der Waals surface area contributed by atoms with Gasteiger partial charge < -0.3 is 15.5 Å². The van der Waals surface area contributed by atoms with Crippen LogP contribution in [-0.4, -0.2) is 37.1 Å². The fourth-order valence-corrected chi connectivity index (χ4v) is 4.01. The molecule has 24 heavy (non-hydrogen) atoms. The third kappa shape index (κ3) is 3.03. The summed E-state index contributed by atoms with van der Waals surface area (Å²) in [5, 5.41) is 2.79. The fraction of sp³-hybridized carbons (Fsp3) is 0.444. The molecule has 0 radical (unpaired) electrons. The molecule has 0 saturated heterocycles. The van der Waals surface area contributed by atoms with E-state index >= 15 is 0 Å². The summed E-state index contributed by atoms with van der Waals surface area (Å²) < 4.78 is 0. The maximum atomic E-state index is 12.9. The maximum Gasteiger partial charge on any atom is 0.277 e. The minimum Gasteiger partial charge on any atom is -0.368 e. The summed E-state index contributed by atoms with van der Waals surface area (Å²) in [5.74, 6) is 0.825. The largest absolute Gasteiger partial charge is 0.368 e. The number of hydrogen-bond donors (Lipinski definition) is 1. The van der Waals surface area contributed by atoms with Crippen LogP contribution in [0.5, 0.6) is 0 Å². The zero-order chi connectivity index (χ0) is 16.5. The van der Waals surface area contributed by atoms with E-state index in [2.05, 4.69) is 22.0 Å². The first-order valence-electron chi connectivity index (χ1n) is 8.56. The average Bonchev–Trinajstić information content (AvgIpc) is 3.30. The summed E-state index contributed by atoms with van der Waals surface area (Å²) >= 11 is 1.52. The number of amides is 1. The van der Waals surface area contributed by atoms with Crippen LogP contribution < -0.4 is 15.5 Å². The van der Waals surface area contributed by atoms with E-state index in [1.807, 2.05) is 22.4 Å². The normalized spacial score (nSPS) is 17.0. The molecule has 1 amide bonds. The van der Waals surface area contributed by atoms with Crippen LogP contribution in [-0.2, 0) is 6.42 Å². The quantitative estimate of drug-likeness (QED) is 0.907. The number of nitrogens with two attached hydrogens (primary N) is 1. The minimum absolute atomic E-state index is 0.00644. The second-order valence-electron chi connectivity index (χ2n) is 6.50. The molecule has 2 N–H and O–H groups in total. The van der Waals surface area contributed by atoms with Crippen molar-refractivity contribution >= 4 is 28.6 Å². The van der Waals surface area contributed by atoms with Gasteiger partial charge in [0.15, 0.2) is 0 Å². The van der Waals surface area contributed by atoms with Crippen molar-refractivity contribution in [1.29, 1.82) is 0 Å². The van der Waals surface area contributed by atoms with Crippen molar-refractivity contribution < 1.29 is 4.79 Å². The molecule has 5 nitrogen and oxygen atoms in total. The van der Waals surface area contributed by atoms with E-state index in [4.69, 9.17) is 5.73 Å². The van der Waals surface area contributed by atoms with Gasteiger partial charge >= 0.3 is 0 Å². The van der Waals surface area contributed by atoms with E-state index in [0.29, 0.717) is 18.8 Å². The number of para-hydroxylation sites is 2. The van der Waals surface area contributed by atoms with Crippen LogP contribution in [0.4, 0.5) is 11.4 Å². The van der Waals surface area contributed by atoms with Crippen molar-refractivity contribution in [2.45, 2.75) is 19.3 Å². The van der Waals surface area contributed by atoms with Crippen LogP contribution in [0.1, 0.15) is 28.3 Å². The highest BCUT2D eigenvalue weighted by molar-refractivity contribution is 7.09. The first-order chi connectivity index (χ1) is 11.8. The van der Waals surface area contributed by atoms with Crippen LogP contribution in [0.15, 0.2) is 29.6 Å². The lowest BCUT2D eigenvalue weighted by Crippen LogP contribution is -2.44. The zero-order valence-electron chi connectivity index (χ0n) is 13.6. The first-order valence-corrected chi connectivity index (χ1v) is 9.44. The van der Waals surface area contributed by atoms with Gasteiger partial charge in [-0.05, 0) is 37.4 Å². The van der Waals surface area contributed by atoms with Crippen molar-refractivity contribution in [2.75, 3.05) is 36.0 Å². The van der Waals surface area contributed by atoms with Crippen molar-refractivity contribution in [3.8, 4) is 0 Å². The van der Waals surface area contributed by atoms with Gasteiger partial charge in [0.2, 0.25) is 0 Å². The Balaban J connectivity index is 1.59. The highest BCUT2D eigenvalue weighted by Crippen LogP contribution is 2.37. The number of anilines is 2. The van der Waals surface area contributed by atoms with Crippen LogP contribution in [0.25, 0.3) is 0 Å². The average molecular weight is 342 g/mol. The van der Waals surface area contributed by atoms with Gasteiger partial charge in [-0.3, -0.25) is 4.79 Å². The molecule has 0 atom stereocenters. The molecule has 1 fully saturated rings. The molecule has 2 aromatic rings. The number of hydrogen-bond acceptors (Lipinski definition) is 5. The predicted molar refractivity (Wildman–Crippen MR) is 97.9 cm³/mol. The Morgan fingerprint density at radius 3 is 2.79 bits per heavy atom. The topological polar surface area (TPSA) is 62.5 Å². The number of fused-ring (bicyclic) bond motifs is 1. The summed E-state index contributed by atoms with van der Waals surface area (Å²) in [6.45, 7) is 3.27. The van der Waals surface area contributed by atoms with Crippen molar-refractivity contribution in [3.63, 3.8) is 0 Å². The smallest absolute Gasteiger partial charge is 0.277 e. The molecule has 1 aromatic carbocycles. The molecule has 1 aliphatic heterocycles. The van der Waals surface area contributed by atoms with E-state index in [9.17, 15) is 4.79 Å². The van der Waals surface area contributed by atoms with Crippen molar-refractivity contribution in [1.82, 2.24) is 4.98 Å². The van der Waals surface area contributed by atoms with Gasteiger partial charge in [0.1, 0.15) is 5.69 Å². The molecule has 2 heterocycles. The molecule has 1 saturated carbocycles. The molecule has 6 heteroatoms. The molecular weight excluding hydrogens is 320 g/mol. The van der Waals surface area contributed by atoms with Gasteiger partial charge in [0.05, 0.1) is 16.4 Å². The molecule has 0 bridgehead atoms. The second-order valence-corrected chi connectivity index (χ2v) is 7.44. The fourth-order valence-electron chi connectivity index (χ4n) is 3.22. The standard InChI is InChI=1S/C18H22N4OS/c19-8-7-17-20-14(12-24-17)18(23)22-10-9-21(11-13-5-6-13)15-3-1-2-4-16(15)22/h1-4,12-13H,5-11,19H2. The maximum absolute atomic E-state index is 12.9. The van der Waals surface area contributed by atoms with E-state index < -0.39 is 0 Å². The SMILES string of the molecule is NCCc1nc(C(=O)N2CCN(CC3CC3)c3ccccc32)cs1. The summed E-state index contributed by atoms with van der Waals surface area (Å²) in [5.41, 5.74) is 8.28. The number of thiazole rings is 1. The number of carbonyl (C=O) groups is 1. The van der Waals surface area contributed by atoms with Crippen LogP contribution >= 0.6 is 11.3 Å². The number of nitrogens with zero attached hydrogens (tertiary/aromatic N) is 3. The summed E-state index contributed by atoms with van der Waals surface area (Å²) in [7, 11) is 0. The van der Waals surface area contributed by atoms with E-state index in [1.165, 1.54) is 29.9 Å². The predicted octanol–water partition coefficient (Wildman–Crippen LogP) is 2.52. The second kappa shape index (κ2) is 6.53. The molecule has 126 valence electrons. The van der Waals surface area contributed by atoms with Crippen LogP contribution in [0, 0.1) is 5.92 Å². The summed E-state index contributed by atoms with van der Waals surface area (Å²) in [6, 6.07) is 8.22. The Morgan fingerprint density at radius 1 is 1.25 bits per heavy atom. The van der Waals surface area contributed by atoms with E-state index in [0.717, 1.165) is 36.1 Å². The van der Waals surface area contributed by atoms with Crippen molar-refractivity contribution in [2.24, 2.45) is 11.7 Å². The zero-order valence-corrected chi connectivity index (χ0v) is 14.5. The molecule has 0 unspecified atom stereocenters. The first kappa shape index (κ1) is 15.6. The Hall–Kier alpha value is -1.92. The number of benzene rings is 1.